The largest absolute Gasteiger partial charge is 0.433 e. The lowest BCUT2D eigenvalue weighted by molar-refractivity contribution is -0.141. The van der Waals surface area contributed by atoms with Crippen LogP contribution in [0.4, 0.5) is 19.0 Å². The lowest BCUT2D eigenvalue weighted by atomic mass is 10.1. The first-order valence-corrected chi connectivity index (χ1v) is 8.90. The van der Waals surface area contributed by atoms with Gasteiger partial charge in [-0.1, -0.05) is 6.07 Å². The van der Waals surface area contributed by atoms with Crippen molar-refractivity contribution in [2.75, 3.05) is 18.0 Å². The maximum absolute atomic E-state index is 13.5. The fourth-order valence-electron chi connectivity index (χ4n) is 3.39. The molecule has 138 valence electrons. The van der Waals surface area contributed by atoms with Crippen molar-refractivity contribution in [1.82, 2.24) is 14.8 Å². The monoisotopic (exact) mass is 478 g/mol. The first-order chi connectivity index (χ1) is 12.3. The van der Waals surface area contributed by atoms with Crippen LogP contribution in [-0.4, -0.2) is 33.8 Å². The Balaban J connectivity index is 1.60. The minimum absolute atomic E-state index is 0.00287. The van der Waals surface area contributed by atoms with Crippen molar-refractivity contribution in [3.8, 4) is 0 Å². The van der Waals surface area contributed by atoms with Gasteiger partial charge in [0, 0.05) is 24.8 Å². The lowest BCUT2D eigenvalue weighted by Gasteiger charge is -2.21. The zero-order chi connectivity index (χ0) is 18.5. The Morgan fingerprint density at radius 2 is 2.04 bits per heavy atom. The molecule has 3 heterocycles. The summed E-state index contributed by atoms with van der Waals surface area (Å²) in [5.74, 6) is 0.967. The Bertz CT molecular complexity index is 844. The van der Waals surface area contributed by atoms with Crippen LogP contribution in [-0.2, 0) is 15.8 Å². The maximum Gasteiger partial charge on any atom is 0.433 e. The van der Waals surface area contributed by atoms with Crippen LogP contribution in [0.25, 0.3) is 0 Å². The van der Waals surface area contributed by atoms with E-state index in [4.69, 9.17) is 0 Å². The molecular formula is C16H14F3IN4O2. The van der Waals surface area contributed by atoms with Gasteiger partial charge in [-0.05, 0) is 24.3 Å². The van der Waals surface area contributed by atoms with Crippen molar-refractivity contribution in [1.29, 1.82) is 0 Å². The van der Waals surface area contributed by atoms with E-state index in [0.717, 1.165) is 13.1 Å². The number of carbonyl (C=O) groups excluding carboxylic acids is 1. The zero-order valence-electron chi connectivity index (χ0n) is 13.4. The summed E-state index contributed by atoms with van der Waals surface area (Å²) < 4.78 is 46.3. The van der Waals surface area contributed by atoms with Gasteiger partial charge in [0.15, 0.2) is 28.7 Å². The third kappa shape index (κ3) is 3.38. The second kappa shape index (κ2) is 6.39. The van der Waals surface area contributed by atoms with E-state index in [1.165, 1.54) is 52.6 Å². The molecule has 2 fully saturated rings. The van der Waals surface area contributed by atoms with Crippen molar-refractivity contribution in [2.45, 2.75) is 19.1 Å². The number of fused-ring (bicyclic) bond motifs is 1. The minimum atomic E-state index is -4.56. The molecular weight excluding hydrogens is 464 g/mol. The van der Waals surface area contributed by atoms with Crippen LogP contribution in [0.1, 0.15) is 28.0 Å². The van der Waals surface area contributed by atoms with E-state index in [9.17, 15) is 18.0 Å². The number of hydrogen-bond donors (Lipinski definition) is 0. The number of aromatic nitrogens is 3. The van der Waals surface area contributed by atoms with Crippen LogP contribution < -0.4 is 4.90 Å². The summed E-state index contributed by atoms with van der Waals surface area (Å²) in [4.78, 5) is 17.3. The highest BCUT2D eigenvalue weighted by atomic mass is 127. The van der Waals surface area contributed by atoms with Crippen molar-refractivity contribution in [3.05, 3.63) is 41.3 Å². The van der Waals surface area contributed by atoms with Crippen molar-refractivity contribution >= 4 is 34.8 Å². The summed E-state index contributed by atoms with van der Waals surface area (Å²) in [5, 5.41) is 3.93. The predicted molar refractivity (Wildman–Crippen MR) is 93.8 cm³/mol. The SMILES string of the molecule is O=C(OI)c1cnn(Cc2ccc(N3CC4CC4C3)nc2C(F)(F)F)c1. The van der Waals surface area contributed by atoms with Crippen LogP contribution in [0.2, 0.25) is 0 Å². The van der Waals surface area contributed by atoms with E-state index in [2.05, 4.69) is 13.1 Å². The van der Waals surface area contributed by atoms with Gasteiger partial charge in [0.05, 0.1) is 18.3 Å². The molecule has 0 amide bonds. The Morgan fingerprint density at radius 3 is 2.69 bits per heavy atom. The summed E-state index contributed by atoms with van der Waals surface area (Å²) in [7, 11) is 0. The molecule has 2 atom stereocenters. The topological polar surface area (TPSA) is 60.2 Å². The number of rotatable bonds is 4. The van der Waals surface area contributed by atoms with Gasteiger partial charge in [-0.25, -0.2) is 9.78 Å². The van der Waals surface area contributed by atoms with Gasteiger partial charge in [0.2, 0.25) is 0 Å². The fraction of sp³-hybridized carbons (Fsp3) is 0.438. The van der Waals surface area contributed by atoms with Gasteiger partial charge >= 0.3 is 12.1 Å². The number of hydrogen-bond acceptors (Lipinski definition) is 5. The number of piperidine rings is 1. The quantitative estimate of drug-likeness (QED) is 0.632. The molecule has 1 saturated heterocycles. The third-order valence-electron chi connectivity index (χ3n) is 4.81. The van der Waals surface area contributed by atoms with E-state index in [1.54, 1.807) is 6.07 Å². The van der Waals surface area contributed by atoms with Crippen LogP contribution in [0.3, 0.4) is 0 Å². The smallest absolute Gasteiger partial charge is 0.391 e. The van der Waals surface area contributed by atoms with E-state index in [-0.39, 0.29) is 17.7 Å². The average molecular weight is 478 g/mol. The summed E-state index contributed by atoms with van der Waals surface area (Å²) in [5.41, 5.74) is -0.735. The Hall–Kier alpha value is -1.85. The summed E-state index contributed by atoms with van der Waals surface area (Å²) in [6.07, 6.45) is -0.789. The molecule has 0 N–H and O–H groups in total. The van der Waals surface area contributed by atoms with Crippen molar-refractivity contribution in [3.63, 3.8) is 0 Å². The molecule has 2 aromatic heterocycles. The van der Waals surface area contributed by atoms with Gasteiger partial charge in [-0.3, -0.25) is 4.68 Å². The molecule has 0 bridgehead atoms. The predicted octanol–water partition coefficient (Wildman–Crippen LogP) is 3.31. The average Bonchev–Trinajstić information content (AvgIpc) is 3.00. The molecule has 1 aliphatic carbocycles. The molecule has 0 radical (unpaired) electrons. The molecule has 2 unspecified atom stereocenters. The van der Waals surface area contributed by atoms with Gasteiger partial charge in [0.25, 0.3) is 0 Å². The number of nitrogens with zero attached hydrogens (tertiary/aromatic N) is 4. The Morgan fingerprint density at radius 1 is 1.31 bits per heavy atom. The molecule has 10 heteroatoms. The number of pyridine rings is 1. The van der Waals surface area contributed by atoms with E-state index < -0.39 is 17.8 Å². The minimum Gasteiger partial charge on any atom is -0.391 e. The third-order valence-corrected chi connectivity index (χ3v) is 5.21. The maximum atomic E-state index is 13.5. The summed E-state index contributed by atoms with van der Waals surface area (Å²) in [6, 6.07) is 3.06. The standard InChI is InChI=1S/C16H14F3IN4O2/c17-16(18,19)14-9(7-24-8-12(4-21-24)15(25)26-20)1-2-13(22-14)23-5-10-3-11(10)6-23/h1-2,4,8,10-11H,3,5-7H2. The fourth-order valence-corrected chi connectivity index (χ4v) is 3.64. The molecule has 26 heavy (non-hydrogen) atoms. The Labute approximate surface area is 161 Å². The molecule has 2 aliphatic rings. The van der Waals surface area contributed by atoms with E-state index in [0.29, 0.717) is 17.7 Å². The zero-order valence-corrected chi connectivity index (χ0v) is 15.6. The molecule has 2 aromatic rings. The summed E-state index contributed by atoms with van der Waals surface area (Å²) in [6.45, 7) is 1.41. The summed E-state index contributed by atoms with van der Waals surface area (Å²) >= 11 is 1.44. The molecule has 0 aromatic carbocycles. The van der Waals surface area contributed by atoms with Crippen LogP contribution >= 0.6 is 23.0 Å². The molecule has 1 saturated carbocycles. The van der Waals surface area contributed by atoms with Crippen LogP contribution in [0.5, 0.6) is 0 Å². The van der Waals surface area contributed by atoms with E-state index >= 15 is 0 Å². The lowest BCUT2D eigenvalue weighted by Crippen LogP contribution is -2.25. The van der Waals surface area contributed by atoms with Gasteiger partial charge in [0.1, 0.15) is 5.82 Å². The second-order valence-corrected chi connectivity index (χ2v) is 7.07. The normalized spacial score (nSPS) is 21.6. The number of carbonyl (C=O) groups is 1. The van der Waals surface area contributed by atoms with Gasteiger partial charge in [-0.2, -0.15) is 18.3 Å². The van der Waals surface area contributed by atoms with Crippen LogP contribution in [0, 0.1) is 11.8 Å². The first-order valence-electron chi connectivity index (χ1n) is 8.02. The highest BCUT2D eigenvalue weighted by molar-refractivity contribution is 14.1. The molecule has 4 rings (SSSR count). The first kappa shape index (κ1) is 17.6. The molecule has 1 aliphatic heterocycles. The van der Waals surface area contributed by atoms with Crippen LogP contribution in [0.15, 0.2) is 24.5 Å². The van der Waals surface area contributed by atoms with E-state index in [1.807, 2.05) is 4.90 Å². The number of anilines is 1. The number of alkyl halides is 3. The molecule has 0 spiro atoms. The highest BCUT2D eigenvalue weighted by Crippen LogP contribution is 2.46. The second-order valence-electron chi connectivity index (χ2n) is 6.63. The van der Waals surface area contributed by atoms with Crippen molar-refractivity contribution in [2.24, 2.45) is 11.8 Å². The van der Waals surface area contributed by atoms with Gasteiger partial charge < -0.3 is 7.97 Å². The van der Waals surface area contributed by atoms with Gasteiger partial charge in [-0.15, -0.1) is 0 Å². The molecule has 6 nitrogen and oxygen atoms in total. The Kier molecular flexibility index (Phi) is 4.32. The highest BCUT2D eigenvalue weighted by Gasteiger charge is 2.46. The number of halogens is 4. The van der Waals surface area contributed by atoms with Crippen molar-refractivity contribution < 1.29 is 21.0 Å².